The van der Waals surface area contributed by atoms with Crippen LogP contribution in [0.5, 0.6) is 11.5 Å². The minimum Gasteiger partial charge on any atom is -0.486 e. The summed E-state index contributed by atoms with van der Waals surface area (Å²) in [6.45, 7) is 0.941. The third-order valence-electron chi connectivity index (χ3n) is 4.59. The van der Waals surface area contributed by atoms with Gasteiger partial charge in [0.2, 0.25) is 17.8 Å². The highest BCUT2D eigenvalue weighted by Crippen LogP contribution is 2.33. The molecule has 2 aromatic heterocycles. The van der Waals surface area contributed by atoms with Crippen molar-refractivity contribution < 1.29 is 19.1 Å². The molecule has 2 aliphatic heterocycles. The molecule has 2 amide bonds. The molecule has 0 saturated heterocycles. The lowest BCUT2D eigenvalue weighted by Gasteiger charge is -2.23. The molecule has 2 N–H and O–H groups in total. The van der Waals surface area contributed by atoms with Gasteiger partial charge >= 0.3 is 0 Å². The van der Waals surface area contributed by atoms with E-state index in [0.717, 1.165) is 0 Å². The van der Waals surface area contributed by atoms with E-state index in [2.05, 4.69) is 25.7 Å². The molecule has 0 saturated carbocycles. The largest absolute Gasteiger partial charge is 0.486 e. The molecule has 3 aromatic rings. The number of carbonyl (C=O) groups is 2. The maximum Gasteiger partial charge on any atom is 0.249 e. The van der Waals surface area contributed by atoms with Gasteiger partial charge in [-0.25, -0.2) is 4.68 Å². The van der Waals surface area contributed by atoms with E-state index in [1.807, 2.05) is 0 Å². The molecular formula is C19H16N6O4. The molecule has 0 bridgehead atoms. The number of benzene rings is 1. The summed E-state index contributed by atoms with van der Waals surface area (Å²) in [6, 6.07) is 7.89. The first-order valence-electron chi connectivity index (χ1n) is 9.05. The zero-order valence-electron chi connectivity index (χ0n) is 15.2. The number of pyridine rings is 1. The number of fused-ring (bicyclic) bond motifs is 2. The number of ether oxygens (including phenoxy) is 2. The lowest BCUT2D eigenvalue weighted by molar-refractivity contribution is -0.125. The van der Waals surface area contributed by atoms with Crippen LogP contribution in [0.1, 0.15) is 12.5 Å². The minimum absolute atomic E-state index is 0.0424. The average molecular weight is 392 g/mol. The molecule has 5 rings (SSSR count). The van der Waals surface area contributed by atoms with Crippen LogP contribution in [-0.2, 0) is 9.59 Å². The van der Waals surface area contributed by atoms with Gasteiger partial charge in [0.15, 0.2) is 17.3 Å². The Morgan fingerprint density at radius 1 is 1.21 bits per heavy atom. The number of rotatable bonds is 3. The lowest BCUT2D eigenvalue weighted by Crippen LogP contribution is -2.36. The van der Waals surface area contributed by atoms with Crippen LogP contribution in [0.15, 0.2) is 42.7 Å². The van der Waals surface area contributed by atoms with Crippen molar-refractivity contribution in [3.63, 3.8) is 0 Å². The molecular weight excluding hydrogens is 376 g/mol. The summed E-state index contributed by atoms with van der Waals surface area (Å²) in [6.07, 6.45) is 3.22. The molecule has 10 heteroatoms. The van der Waals surface area contributed by atoms with Gasteiger partial charge in [-0.15, -0.1) is 5.10 Å². The van der Waals surface area contributed by atoms with Gasteiger partial charge in [0.1, 0.15) is 19.3 Å². The van der Waals surface area contributed by atoms with E-state index < -0.39 is 6.04 Å². The Balaban J connectivity index is 1.42. The summed E-state index contributed by atoms with van der Waals surface area (Å²) in [7, 11) is 0. The Kier molecular flexibility index (Phi) is 4.08. The number of carbonyl (C=O) groups excluding carboxylic acids is 2. The van der Waals surface area contributed by atoms with Crippen LogP contribution in [0.25, 0.3) is 11.4 Å². The molecule has 1 atom stereocenters. The predicted molar refractivity (Wildman–Crippen MR) is 102 cm³/mol. The Morgan fingerprint density at radius 2 is 2.07 bits per heavy atom. The predicted octanol–water partition coefficient (Wildman–Crippen LogP) is 1.63. The van der Waals surface area contributed by atoms with Gasteiger partial charge in [0, 0.05) is 29.7 Å². The molecule has 0 unspecified atom stereocenters. The molecule has 0 aliphatic carbocycles. The Morgan fingerprint density at radius 3 is 2.90 bits per heavy atom. The maximum absolute atomic E-state index is 12.9. The molecule has 4 heterocycles. The topological polar surface area (TPSA) is 120 Å². The fourth-order valence-corrected chi connectivity index (χ4v) is 3.23. The van der Waals surface area contributed by atoms with Crippen molar-refractivity contribution in [2.75, 3.05) is 23.8 Å². The number of aromatic nitrogens is 4. The van der Waals surface area contributed by atoms with Gasteiger partial charge in [-0.1, -0.05) is 0 Å². The van der Waals surface area contributed by atoms with Gasteiger partial charge in [0.05, 0.1) is 6.42 Å². The zero-order valence-corrected chi connectivity index (χ0v) is 15.2. The van der Waals surface area contributed by atoms with Crippen molar-refractivity contribution in [3.05, 3.63) is 42.7 Å². The second-order valence-electron chi connectivity index (χ2n) is 6.56. The number of amides is 2. The van der Waals surface area contributed by atoms with Crippen LogP contribution in [0, 0.1) is 0 Å². The first-order chi connectivity index (χ1) is 14.2. The van der Waals surface area contributed by atoms with Crippen LogP contribution < -0.4 is 20.1 Å². The van der Waals surface area contributed by atoms with Crippen LogP contribution in [-0.4, -0.2) is 44.8 Å². The van der Waals surface area contributed by atoms with Crippen molar-refractivity contribution >= 4 is 23.5 Å². The highest BCUT2D eigenvalue weighted by Gasteiger charge is 2.33. The van der Waals surface area contributed by atoms with Crippen LogP contribution in [0.3, 0.4) is 0 Å². The lowest BCUT2D eigenvalue weighted by atomic mass is 10.1. The van der Waals surface area contributed by atoms with Crippen LogP contribution in [0.4, 0.5) is 11.6 Å². The quantitative estimate of drug-likeness (QED) is 0.695. The highest BCUT2D eigenvalue weighted by molar-refractivity contribution is 6.01. The molecule has 10 nitrogen and oxygen atoms in total. The summed E-state index contributed by atoms with van der Waals surface area (Å²) in [5.41, 5.74) is 1.23. The number of hydrogen-bond donors (Lipinski definition) is 2. The summed E-state index contributed by atoms with van der Waals surface area (Å²) in [4.78, 5) is 33.4. The van der Waals surface area contributed by atoms with Gasteiger partial charge < -0.3 is 14.8 Å². The van der Waals surface area contributed by atoms with Crippen LogP contribution >= 0.6 is 0 Å². The molecule has 146 valence electrons. The molecule has 2 aliphatic rings. The Labute approximate surface area is 164 Å². The highest BCUT2D eigenvalue weighted by atomic mass is 16.6. The average Bonchev–Trinajstić information content (AvgIpc) is 3.17. The number of anilines is 2. The maximum atomic E-state index is 12.9. The second kappa shape index (κ2) is 6.89. The van der Waals surface area contributed by atoms with Crippen molar-refractivity contribution in [1.82, 2.24) is 19.7 Å². The zero-order chi connectivity index (χ0) is 19.8. The standard InChI is InChI=1S/C19H16N6O4/c26-16-9-13(18(27)21-12-3-4-14-15(8-12)29-7-6-28-14)25-19(22-16)23-17(24-25)11-2-1-5-20-10-11/h1-5,8,10,13H,6-7,9H2,(H,21,27)(H,22,23,24,26)/t13-/m1/s1. The molecule has 1 aromatic carbocycles. The normalized spacial score (nSPS) is 17.2. The monoisotopic (exact) mass is 392 g/mol. The van der Waals surface area contributed by atoms with Crippen molar-refractivity contribution in [1.29, 1.82) is 0 Å². The first kappa shape index (κ1) is 17.2. The minimum atomic E-state index is -0.829. The third kappa shape index (κ3) is 3.24. The number of nitrogens with one attached hydrogen (secondary N) is 2. The van der Waals surface area contributed by atoms with E-state index in [1.54, 1.807) is 42.7 Å². The van der Waals surface area contributed by atoms with E-state index in [1.165, 1.54) is 4.68 Å². The molecule has 29 heavy (non-hydrogen) atoms. The summed E-state index contributed by atoms with van der Waals surface area (Å²) >= 11 is 0. The summed E-state index contributed by atoms with van der Waals surface area (Å²) in [5, 5.41) is 9.89. The van der Waals surface area contributed by atoms with Gasteiger partial charge in [-0.05, 0) is 24.3 Å². The first-order valence-corrected chi connectivity index (χ1v) is 9.05. The third-order valence-corrected chi connectivity index (χ3v) is 4.59. The van der Waals surface area contributed by atoms with E-state index in [-0.39, 0.29) is 24.2 Å². The number of hydrogen-bond acceptors (Lipinski definition) is 7. The van der Waals surface area contributed by atoms with E-state index in [9.17, 15) is 9.59 Å². The van der Waals surface area contributed by atoms with Crippen molar-refractivity contribution in [2.45, 2.75) is 12.5 Å². The van der Waals surface area contributed by atoms with E-state index in [4.69, 9.17) is 9.47 Å². The van der Waals surface area contributed by atoms with Gasteiger partial charge in [-0.3, -0.25) is 19.9 Å². The molecule has 0 fully saturated rings. The summed E-state index contributed by atoms with van der Waals surface area (Å²) in [5.74, 6) is 1.13. The van der Waals surface area contributed by atoms with Gasteiger partial charge in [-0.2, -0.15) is 4.98 Å². The van der Waals surface area contributed by atoms with E-state index in [0.29, 0.717) is 41.8 Å². The van der Waals surface area contributed by atoms with Gasteiger partial charge in [0.25, 0.3) is 0 Å². The smallest absolute Gasteiger partial charge is 0.249 e. The molecule has 0 spiro atoms. The van der Waals surface area contributed by atoms with Crippen molar-refractivity contribution in [2.24, 2.45) is 0 Å². The number of nitrogens with zero attached hydrogens (tertiary/aromatic N) is 4. The second-order valence-corrected chi connectivity index (χ2v) is 6.56. The fourth-order valence-electron chi connectivity index (χ4n) is 3.23. The fraction of sp³-hybridized carbons (Fsp3) is 0.211. The summed E-state index contributed by atoms with van der Waals surface area (Å²) < 4.78 is 12.5. The van der Waals surface area contributed by atoms with Crippen LogP contribution in [0.2, 0.25) is 0 Å². The Hall–Kier alpha value is -3.95. The molecule has 0 radical (unpaired) electrons. The Bertz CT molecular complexity index is 1100. The van der Waals surface area contributed by atoms with Crippen molar-refractivity contribution in [3.8, 4) is 22.9 Å². The SMILES string of the molecule is O=C1C[C@H](C(=O)Nc2ccc3c(c2)OCCO3)n2nc(-c3cccnc3)nc2N1. The van der Waals surface area contributed by atoms with E-state index >= 15 is 0 Å².